The van der Waals surface area contributed by atoms with Crippen molar-refractivity contribution in [1.82, 2.24) is 10.2 Å². The monoisotopic (exact) mass is 419 g/mol. The predicted molar refractivity (Wildman–Crippen MR) is 116 cm³/mol. The van der Waals surface area contributed by atoms with Gasteiger partial charge in [0.05, 0.1) is 18.8 Å². The SMILES string of the molecule is CN(CC(=O)Nc1ccccc1Sc1ccc(Cl)cc1)CC(=O)NC(C)(C)C. The second kappa shape index (κ2) is 9.96. The van der Waals surface area contributed by atoms with Crippen molar-refractivity contribution < 1.29 is 9.59 Å². The second-order valence-electron chi connectivity index (χ2n) is 7.57. The molecule has 2 rings (SSSR count). The van der Waals surface area contributed by atoms with Gasteiger partial charge in [0.2, 0.25) is 11.8 Å². The summed E-state index contributed by atoms with van der Waals surface area (Å²) in [6.45, 7) is 6.05. The van der Waals surface area contributed by atoms with Gasteiger partial charge < -0.3 is 10.6 Å². The molecule has 28 heavy (non-hydrogen) atoms. The number of hydrogen-bond donors (Lipinski definition) is 2. The van der Waals surface area contributed by atoms with Gasteiger partial charge in [0.25, 0.3) is 0 Å². The Bertz CT molecular complexity index is 819. The molecule has 0 spiro atoms. The highest BCUT2D eigenvalue weighted by atomic mass is 35.5. The van der Waals surface area contributed by atoms with Gasteiger partial charge in [-0.2, -0.15) is 0 Å². The lowest BCUT2D eigenvalue weighted by Gasteiger charge is -2.23. The number of hydrogen-bond acceptors (Lipinski definition) is 4. The van der Waals surface area contributed by atoms with Gasteiger partial charge in [0.1, 0.15) is 0 Å². The first kappa shape index (κ1) is 22.3. The Morgan fingerprint density at radius 3 is 2.25 bits per heavy atom. The second-order valence-corrected chi connectivity index (χ2v) is 9.12. The van der Waals surface area contributed by atoms with Crippen molar-refractivity contribution in [2.24, 2.45) is 0 Å². The summed E-state index contributed by atoms with van der Waals surface area (Å²) in [7, 11) is 1.75. The van der Waals surface area contributed by atoms with Gasteiger partial charge in [-0.05, 0) is 64.2 Å². The number of amides is 2. The zero-order valence-electron chi connectivity index (χ0n) is 16.6. The minimum atomic E-state index is -0.294. The van der Waals surface area contributed by atoms with Crippen LogP contribution in [0.5, 0.6) is 0 Å². The fourth-order valence-corrected chi connectivity index (χ4v) is 3.51. The minimum absolute atomic E-state index is 0.110. The van der Waals surface area contributed by atoms with E-state index in [0.717, 1.165) is 15.5 Å². The number of nitrogens with one attached hydrogen (secondary N) is 2. The highest BCUT2D eigenvalue weighted by Gasteiger charge is 2.17. The summed E-state index contributed by atoms with van der Waals surface area (Å²) in [6, 6.07) is 15.2. The zero-order chi connectivity index (χ0) is 20.7. The third-order valence-electron chi connectivity index (χ3n) is 3.54. The first-order valence-electron chi connectivity index (χ1n) is 8.94. The van der Waals surface area contributed by atoms with Crippen LogP contribution < -0.4 is 10.6 Å². The number of anilines is 1. The summed E-state index contributed by atoms with van der Waals surface area (Å²) in [5.74, 6) is -0.281. The smallest absolute Gasteiger partial charge is 0.238 e. The molecule has 0 aliphatic heterocycles. The topological polar surface area (TPSA) is 61.4 Å². The van der Waals surface area contributed by atoms with Gasteiger partial charge in [-0.15, -0.1) is 0 Å². The standard InChI is InChI=1S/C21H26ClN3O2S/c1-21(2,3)24-20(27)14-25(4)13-19(26)23-17-7-5-6-8-18(17)28-16-11-9-15(22)10-12-16/h5-12H,13-14H2,1-4H3,(H,23,26)(H,24,27). The molecule has 2 N–H and O–H groups in total. The molecule has 2 aromatic carbocycles. The maximum absolute atomic E-state index is 12.4. The Morgan fingerprint density at radius 1 is 1.00 bits per heavy atom. The molecule has 0 aliphatic carbocycles. The highest BCUT2D eigenvalue weighted by molar-refractivity contribution is 7.99. The molecule has 0 saturated carbocycles. The number of para-hydroxylation sites is 1. The third-order valence-corrected chi connectivity index (χ3v) is 4.88. The van der Waals surface area contributed by atoms with E-state index in [9.17, 15) is 9.59 Å². The zero-order valence-corrected chi connectivity index (χ0v) is 18.2. The molecule has 2 aromatic rings. The third kappa shape index (κ3) is 7.92. The maximum atomic E-state index is 12.4. The van der Waals surface area contributed by atoms with E-state index < -0.39 is 0 Å². The van der Waals surface area contributed by atoms with E-state index in [0.29, 0.717) is 5.02 Å². The Hall–Kier alpha value is -2.02. The van der Waals surface area contributed by atoms with Crippen LogP contribution in [0, 0.1) is 0 Å². The average Bonchev–Trinajstić information content (AvgIpc) is 2.56. The van der Waals surface area contributed by atoms with Crippen LogP contribution in [0.3, 0.4) is 0 Å². The van der Waals surface area contributed by atoms with Crippen LogP contribution in [-0.2, 0) is 9.59 Å². The summed E-state index contributed by atoms with van der Waals surface area (Å²) in [5.41, 5.74) is 0.442. The average molecular weight is 420 g/mol. The van der Waals surface area contributed by atoms with Gasteiger partial charge in [0.15, 0.2) is 0 Å². The number of benzene rings is 2. The normalized spacial score (nSPS) is 11.4. The molecule has 0 radical (unpaired) electrons. The number of nitrogens with zero attached hydrogens (tertiary/aromatic N) is 1. The molecule has 0 fully saturated rings. The van der Waals surface area contributed by atoms with Crippen LogP contribution in [0.4, 0.5) is 5.69 Å². The van der Waals surface area contributed by atoms with E-state index in [1.165, 1.54) is 0 Å². The molecule has 150 valence electrons. The van der Waals surface area contributed by atoms with Gasteiger partial charge in [-0.3, -0.25) is 14.5 Å². The van der Waals surface area contributed by atoms with Crippen LogP contribution in [0.2, 0.25) is 5.02 Å². The Balaban J connectivity index is 1.94. The Morgan fingerprint density at radius 2 is 1.61 bits per heavy atom. The summed E-state index contributed by atoms with van der Waals surface area (Å²) in [6.07, 6.45) is 0. The molecule has 0 unspecified atom stereocenters. The molecule has 0 heterocycles. The molecular formula is C21H26ClN3O2S. The lowest BCUT2D eigenvalue weighted by molar-refractivity contribution is -0.124. The number of rotatable bonds is 7. The molecule has 0 saturated heterocycles. The minimum Gasteiger partial charge on any atom is -0.350 e. The first-order valence-corrected chi connectivity index (χ1v) is 10.1. The van der Waals surface area contributed by atoms with Crippen molar-refractivity contribution in [2.45, 2.75) is 36.1 Å². The maximum Gasteiger partial charge on any atom is 0.238 e. The molecule has 0 bridgehead atoms. The van der Waals surface area contributed by atoms with Gasteiger partial charge in [-0.1, -0.05) is 35.5 Å². The summed E-state index contributed by atoms with van der Waals surface area (Å²) in [5, 5.41) is 6.51. The summed E-state index contributed by atoms with van der Waals surface area (Å²) >= 11 is 7.48. The first-order chi connectivity index (χ1) is 13.1. The lowest BCUT2D eigenvalue weighted by atomic mass is 10.1. The number of carbonyl (C=O) groups is 2. The van der Waals surface area contributed by atoms with Gasteiger partial charge in [0, 0.05) is 20.4 Å². The van der Waals surface area contributed by atoms with Crippen LogP contribution in [0.15, 0.2) is 58.3 Å². The molecule has 2 amide bonds. The predicted octanol–water partition coefficient (Wildman–Crippen LogP) is 4.28. The lowest BCUT2D eigenvalue weighted by Crippen LogP contribution is -2.46. The number of likely N-dealkylation sites (N-methyl/N-ethyl adjacent to an activating group) is 1. The Kier molecular flexibility index (Phi) is 7.92. The Labute approximate surface area is 175 Å². The van der Waals surface area contributed by atoms with Crippen molar-refractivity contribution in [1.29, 1.82) is 0 Å². The van der Waals surface area contributed by atoms with E-state index in [1.54, 1.807) is 23.7 Å². The van der Waals surface area contributed by atoms with Gasteiger partial charge in [-0.25, -0.2) is 0 Å². The van der Waals surface area contributed by atoms with Crippen molar-refractivity contribution in [3.05, 3.63) is 53.6 Å². The van der Waals surface area contributed by atoms with Crippen molar-refractivity contribution in [2.75, 3.05) is 25.5 Å². The van der Waals surface area contributed by atoms with Crippen LogP contribution in [-0.4, -0.2) is 42.4 Å². The number of carbonyl (C=O) groups excluding carboxylic acids is 2. The summed E-state index contributed by atoms with van der Waals surface area (Å²) in [4.78, 5) is 28.1. The fraction of sp³-hybridized carbons (Fsp3) is 0.333. The van der Waals surface area contributed by atoms with Crippen molar-refractivity contribution >= 4 is 40.9 Å². The quantitative estimate of drug-likeness (QED) is 0.703. The molecule has 0 aromatic heterocycles. The van der Waals surface area contributed by atoms with Crippen molar-refractivity contribution in [3.63, 3.8) is 0 Å². The van der Waals surface area contributed by atoms with E-state index in [-0.39, 0.29) is 30.4 Å². The van der Waals surface area contributed by atoms with E-state index in [1.807, 2.05) is 69.3 Å². The van der Waals surface area contributed by atoms with Gasteiger partial charge >= 0.3 is 0 Å². The molecule has 5 nitrogen and oxygen atoms in total. The summed E-state index contributed by atoms with van der Waals surface area (Å²) < 4.78 is 0. The molecule has 7 heteroatoms. The van der Waals surface area contributed by atoms with E-state index in [2.05, 4.69) is 10.6 Å². The fourth-order valence-electron chi connectivity index (χ4n) is 2.48. The number of halogens is 1. The highest BCUT2D eigenvalue weighted by Crippen LogP contribution is 2.33. The molecule has 0 atom stereocenters. The molecule has 0 aliphatic rings. The van der Waals surface area contributed by atoms with E-state index >= 15 is 0 Å². The largest absolute Gasteiger partial charge is 0.350 e. The molecular weight excluding hydrogens is 394 g/mol. The van der Waals surface area contributed by atoms with Crippen LogP contribution in [0.25, 0.3) is 0 Å². The van der Waals surface area contributed by atoms with Crippen LogP contribution in [0.1, 0.15) is 20.8 Å². The van der Waals surface area contributed by atoms with E-state index in [4.69, 9.17) is 11.6 Å². The van der Waals surface area contributed by atoms with Crippen molar-refractivity contribution in [3.8, 4) is 0 Å². The van der Waals surface area contributed by atoms with Crippen LogP contribution >= 0.6 is 23.4 Å².